The van der Waals surface area contributed by atoms with Gasteiger partial charge in [0.25, 0.3) is 5.69 Å². The van der Waals surface area contributed by atoms with Crippen molar-refractivity contribution in [3.8, 4) is 5.75 Å². The van der Waals surface area contributed by atoms with Gasteiger partial charge < -0.3 is 20.7 Å². The summed E-state index contributed by atoms with van der Waals surface area (Å²) < 4.78 is 4.97. The van der Waals surface area contributed by atoms with Crippen molar-refractivity contribution < 1.29 is 19.2 Å². The minimum Gasteiger partial charge on any atom is -0.496 e. The van der Waals surface area contributed by atoms with E-state index >= 15 is 0 Å². The highest BCUT2D eigenvalue weighted by Crippen LogP contribution is 2.29. The largest absolute Gasteiger partial charge is 0.496 e. The van der Waals surface area contributed by atoms with Crippen LogP contribution >= 0.6 is 0 Å². The summed E-state index contributed by atoms with van der Waals surface area (Å²) in [5.74, 6) is -0.261. The first-order chi connectivity index (χ1) is 13.6. The van der Waals surface area contributed by atoms with Crippen LogP contribution in [-0.2, 0) is 9.59 Å². The molecule has 0 unspecified atom stereocenters. The molecular formula is C20H24N4O5. The average molecular weight is 400 g/mol. The van der Waals surface area contributed by atoms with Gasteiger partial charge in [-0.05, 0) is 30.3 Å². The quantitative estimate of drug-likeness (QED) is 0.482. The fourth-order valence-corrected chi connectivity index (χ4v) is 2.30. The molecule has 0 aliphatic carbocycles. The highest BCUT2D eigenvalue weighted by Gasteiger charge is 2.21. The molecule has 9 nitrogen and oxygen atoms in total. The second-order valence-corrected chi connectivity index (χ2v) is 7.33. The molecule has 2 aromatic rings. The zero-order chi connectivity index (χ0) is 21.6. The van der Waals surface area contributed by atoms with E-state index in [4.69, 9.17) is 4.74 Å². The average Bonchev–Trinajstić information content (AvgIpc) is 2.66. The maximum Gasteiger partial charge on any atom is 0.296 e. The number of carbonyl (C=O) groups excluding carboxylic acids is 2. The Bertz CT molecular complexity index is 921. The summed E-state index contributed by atoms with van der Waals surface area (Å²) in [7, 11) is 1.40. The second-order valence-electron chi connectivity index (χ2n) is 7.33. The van der Waals surface area contributed by atoms with E-state index in [2.05, 4.69) is 16.0 Å². The first-order valence-corrected chi connectivity index (χ1v) is 8.88. The van der Waals surface area contributed by atoms with Crippen LogP contribution in [0.5, 0.6) is 5.75 Å². The number of carbonyl (C=O) groups is 2. The number of nitrogens with zero attached hydrogens (tertiary/aromatic N) is 1. The molecule has 0 atom stereocenters. The molecule has 29 heavy (non-hydrogen) atoms. The van der Waals surface area contributed by atoms with E-state index in [9.17, 15) is 19.7 Å². The summed E-state index contributed by atoms with van der Waals surface area (Å²) in [4.78, 5) is 34.9. The smallest absolute Gasteiger partial charge is 0.296 e. The molecule has 9 heteroatoms. The fraction of sp³-hybridized carbons (Fsp3) is 0.300. The van der Waals surface area contributed by atoms with Crippen molar-refractivity contribution in [3.05, 3.63) is 52.6 Å². The molecular weight excluding hydrogens is 376 g/mol. The lowest BCUT2D eigenvalue weighted by Crippen LogP contribution is -2.27. The number of methoxy groups -OCH3 is 1. The van der Waals surface area contributed by atoms with Gasteiger partial charge in [-0.25, -0.2) is 0 Å². The Morgan fingerprint density at radius 3 is 2.38 bits per heavy atom. The zero-order valence-corrected chi connectivity index (χ0v) is 16.7. The number of nitro benzene ring substituents is 1. The summed E-state index contributed by atoms with van der Waals surface area (Å²) in [6.07, 6.45) is 0. The van der Waals surface area contributed by atoms with Gasteiger partial charge >= 0.3 is 0 Å². The third-order valence-corrected chi connectivity index (χ3v) is 3.93. The van der Waals surface area contributed by atoms with Crippen LogP contribution in [0.25, 0.3) is 0 Å². The van der Waals surface area contributed by atoms with Gasteiger partial charge in [0.15, 0.2) is 0 Å². The number of hydrogen-bond acceptors (Lipinski definition) is 6. The Morgan fingerprint density at radius 1 is 1.07 bits per heavy atom. The molecule has 0 fully saturated rings. The molecule has 2 rings (SSSR count). The SMILES string of the molecule is COc1ccc(NC(=O)CNc2cccc(NC(=O)C(C)(C)C)c2)c([N+](=O)[O-])c1. The van der Waals surface area contributed by atoms with Gasteiger partial charge in [0, 0.05) is 16.8 Å². The van der Waals surface area contributed by atoms with E-state index in [1.165, 1.54) is 25.3 Å². The summed E-state index contributed by atoms with van der Waals surface area (Å²) in [5.41, 5.74) is 0.506. The van der Waals surface area contributed by atoms with Crippen molar-refractivity contribution in [2.75, 3.05) is 29.6 Å². The lowest BCUT2D eigenvalue weighted by molar-refractivity contribution is -0.384. The van der Waals surface area contributed by atoms with Crippen molar-refractivity contribution >= 4 is 34.6 Å². The van der Waals surface area contributed by atoms with E-state index in [0.717, 1.165) is 0 Å². The highest BCUT2D eigenvalue weighted by molar-refractivity contribution is 5.96. The molecule has 0 saturated heterocycles. The predicted molar refractivity (Wildman–Crippen MR) is 111 cm³/mol. The van der Waals surface area contributed by atoms with Gasteiger partial charge in [0.1, 0.15) is 11.4 Å². The van der Waals surface area contributed by atoms with Gasteiger partial charge in [-0.15, -0.1) is 0 Å². The Kier molecular flexibility index (Phi) is 6.76. The number of nitro groups is 1. The first kappa shape index (κ1) is 21.7. The van der Waals surface area contributed by atoms with E-state index < -0.39 is 16.2 Å². The summed E-state index contributed by atoms with van der Waals surface area (Å²) in [5, 5.41) is 19.5. The Hall–Kier alpha value is -3.62. The molecule has 0 heterocycles. The highest BCUT2D eigenvalue weighted by atomic mass is 16.6. The Balaban J connectivity index is 2.01. The van der Waals surface area contributed by atoms with Crippen LogP contribution in [0.15, 0.2) is 42.5 Å². The third kappa shape index (κ3) is 6.20. The van der Waals surface area contributed by atoms with Crippen molar-refractivity contribution in [2.45, 2.75) is 20.8 Å². The number of anilines is 3. The standard InChI is InChI=1S/C20H24N4O5/c1-20(2,3)19(26)22-14-7-5-6-13(10-14)21-12-18(25)23-16-9-8-15(29-4)11-17(16)24(27)28/h5-11,21H,12H2,1-4H3,(H,22,26)(H,23,25). The normalized spacial score (nSPS) is 10.8. The van der Waals surface area contributed by atoms with Crippen molar-refractivity contribution in [1.82, 2.24) is 0 Å². The molecule has 3 N–H and O–H groups in total. The van der Waals surface area contributed by atoms with Gasteiger partial charge in [-0.3, -0.25) is 19.7 Å². The van der Waals surface area contributed by atoms with Crippen LogP contribution in [0.2, 0.25) is 0 Å². The minimum absolute atomic E-state index is 0.0776. The number of amides is 2. The predicted octanol–water partition coefficient (Wildman–Crippen LogP) is 3.64. The van der Waals surface area contributed by atoms with Crippen LogP contribution in [0.3, 0.4) is 0 Å². The van der Waals surface area contributed by atoms with Crippen LogP contribution in [-0.4, -0.2) is 30.4 Å². The van der Waals surface area contributed by atoms with Gasteiger partial charge in [-0.2, -0.15) is 0 Å². The van der Waals surface area contributed by atoms with E-state index in [1.807, 2.05) is 20.8 Å². The van der Waals surface area contributed by atoms with Crippen LogP contribution in [0, 0.1) is 15.5 Å². The van der Waals surface area contributed by atoms with Crippen molar-refractivity contribution in [1.29, 1.82) is 0 Å². The molecule has 2 amide bonds. The summed E-state index contributed by atoms with van der Waals surface area (Å²) >= 11 is 0. The molecule has 0 aliphatic heterocycles. The third-order valence-electron chi connectivity index (χ3n) is 3.93. The maximum absolute atomic E-state index is 12.2. The molecule has 0 spiro atoms. The molecule has 0 aliphatic rings. The van der Waals surface area contributed by atoms with Crippen LogP contribution in [0.1, 0.15) is 20.8 Å². The molecule has 0 saturated carbocycles. The number of rotatable bonds is 7. The van der Waals surface area contributed by atoms with E-state index in [0.29, 0.717) is 17.1 Å². The fourth-order valence-electron chi connectivity index (χ4n) is 2.30. The lowest BCUT2D eigenvalue weighted by Gasteiger charge is -2.18. The van der Waals surface area contributed by atoms with E-state index in [-0.39, 0.29) is 23.8 Å². The maximum atomic E-state index is 12.2. The van der Waals surface area contributed by atoms with Crippen molar-refractivity contribution in [2.24, 2.45) is 5.41 Å². The first-order valence-electron chi connectivity index (χ1n) is 8.88. The van der Waals surface area contributed by atoms with Gasteiger partial charge in [0.2, 0.25) is 11.8 Å². The lowest BCUT2D eigenvalue weighted by atomic mass is 9.95. The van der Waals surface area contributed by atoms with Crippen LogP contribution in [0.4, 0.5) is 22.7 Å². The molecule has 0 bridgehead atoms. The van der Waals surface area contributed by atoms with Gasteiger partial charge in [0.05, 0.1) is 24.6 Å². The Labute approximate surface area is 168 Å². The number of hydrogen-bond donors (Lipinski definition) is 3. The van der Waals surface area contributed by atoms with E-state index in [1.54, 1.807) is 24.3 Å². The molecule has 0 radical (unpaired) electrons. The second kappa shape index (κ2) is 9.05. The number of nitrogens with one attached hydrogen (secondary N) is 3. The Morgan fingerprint density at radius 2 is 1.76 bits per heavy atom. The molecule has 0 aromatic heterocycles. The topological polar surface area (TPSA) is 123 Å². The van der Waals surface area contributed by atoms with Crippen molar-refractivity contribution in [3.63, 3.8) is 0 Å². The molecule has 2 aromatic carbocycles. The van der Waals surface area contributed by atoms with Gasteiger partial charge in [-0.1, -0.05) is 26.8 Å². The summed E-state index contributed by atoms with van der Waals surface area (Å²) in [6.45, 7) is 5.33. The number of ether oxygens (including phenoxy) is 1. The minimum atomic E-state index is -0.590. The number of benzene rings is 2. The molecule has 154 valence electrons. The summed E-state index contributed by atoms with van der Waals surface area (Å²) in [6, 6.07) is 11.1. The zero-order valence-electron chi connectivity index (χ0n) is 16.7. The van der Waals surface area contributed by atoms with Crippen LogP contribution < -0.4 is 20.7 Å². The monoisotopic (exact) mass is 400 g/mol.